The molecule has 1 aliphatic carbocycles. The first-order chi connectivity index (χ1) is 8.15. The summed E-state index contributed by atoms with van der Waals surface area (Å²) >= 11 is 0. The Morgan fingerprint density at radius 1 is 1.24 bits per heavy atom. The number of rotatable bonds is 10. The van der Waals surface area contributed by atoms with Gasteiger partial charge in [-0.15, -0.1) is 0 Å². The Labute approximate surface area is 106 Å². The van der Waals surface area contributed by atoms with Crippen LogP contribution >= 0.6 is 0 Å². The average Bonchev–Trinajstić information content (AvgIpc) is 3.17. The number of nitrogens with two attached hydrogens (primary N) is 1. The van der Waals surface area contributed by atoms with E-state index in [9.17, 15) is 5.11 Å². The minimum Gasteiger partial charge on any atom is -0.394 e. The molecule has 1 saturated carbocycles. The number of unbranched alkanes of at least 4 members (excludes halogenated alkanes) is 1. The van der Waals surface area contributed by atoms with Crippen molar-refractivity contribution in [2.45, 2.75) is 70.4 Å². The van der Waals surface area contributed by atoms with Crippen LogP contribution in [0.15, 0.2) is 0 Å². The van der Waals surface area contributed by atoms with Crippen molar-refractivity contribution in [1.29, 1.82) is 0 Å². The third kappa shape index (κ3) is 5.36. The molecule has 3 nitrogen and oxygen atoms in total. The fourth-order valence-electron chi connectivity index (χ4n) is 2.28. The van der Waals surface area contributed by atoms with E-state index in [2.05, 4.69) is 18.7 Å². The normalized spacial score (nSPS) is 19.6. The van der Waals surface area contributed by atoms with Crippen molar-refractivity contribution in [3.8, 4) is 0 Å². The summed E-state index contributed by atoms with van der Waals surface area (Å²) in [4.78, 5) is 2.62. The van der Waals surface area contributed by atoms with Crippen molar-refractivity contribution in [2.75, 3.05) is 19.7 Å². The monoisotopic (exact) mass is 242 g/mol. The van der Waals surface area contributed by atoms with Gasteiger partial charge in [-0.2, -0.15) is 0 Å². The number of aliphatic hydroxyl groups is 1. The molecule has 3 N–H and O–H groups in total. The molecule has 1 atom stereocenters. The second kappa shape index (κ2) is 7.34. The molecule has 102 valence electrons. The van der Waals surface area contributed by atoms with Gasteiger partial charge in [-0.05, 0) is 51.6 Å². The van der Waals surface area contributed by atoms with Crippen molar-refractivity contribution in [2.24, 2.45) is 5.73 Å². The van der Waals surface area contributed by atoms with Crippen LogP contribution in [-0.2, 0) is 0 Å². The van der Waals surface area contributed by atoms with E-state index in [1.807, 2.05) is 0 Å². The Morgan fingerprint density at radius 3 is 2.35 bits per heavy atom. The molecule has 1 aliphatic rings. The van der Waals surface area contributed by atoms with Gasteiger partial charge in [0, 0.05) is 11.6 Å². The van der Waals surface area contributed by atoms with Crippen LogP contribution in [0, 0.1) is 0 Å². The topological polar surface area (TPSA) is 49.5 Å². The van der Waals surface area contributed by atoms with Gasteiger partial charge in [-0.1, -0.05) is 20.3 Å². The first kappa shape index (κ1) is 14.9. The molecule has 0 aromatic carbocycles. The van der Waals surface area contributed by atoms with Gasteiger partial charge >= 0.3 is 0 Å². The van der Waals surface area contributed by atoms with E-state index >= 15 is 0 Å². The van der Waals surface area contributed by atoms with Crippen LogP contribution in [0.5, 0.6) is 0 Å². The number of aliphatic hydroxyl groups excluding tert-OH is 1. The highest BCUT2D eigenvalue weighted by Crippen LogP contribution is 2.27. The molecule has 1 rings (SSSR count). The molecule has 17 heavy (non-hydrogen) atoms. The first-order valence-corrected chi connectivity index (χ1v) is 7.29. The summed E-state index contributed by atoms with van der Waals surface area (Å²) in [5.41, 5.74) is 5.76. The van der Waals surface area contributed by atoms with Gasteiger partial charge < -0.3 is 15.7 Å². The van der Waals surface area contributed by atoms with Crippen LogP contribution in [0.3, 0.4) is 0 Å². The van der Waals surface area contributed by atoms with E-state index in [0.717, 1.165) is 31.8 Å². The number of nitrogens with zero attached hydrogens (tertiary/aromatic N) is 1. The van der Waals surface area contributed by atoms with Crippen LogP contribution in [0.25, 0.3) is 0 Å². The highest BCUT2D eigenvalue weighted by molar-refractivity contribution is 4.86. The van der Waals surface area contributed by atoms with Crippen molar-refractivity contribution in [3.05, 3.63) is 0 Å². The molecule has 1 fully saturated rings. The van der Waals surface area contributed by atoms with E-state index < -0.39 is 0 Å². The molecule has 0 heterocycles. The van der Waals surface area contributed by atoms with Gasteiger partial charge in [0.05, 0.1) is 6.61 Å². The zero-order chi connectivity index (χ0) is 12.7. The quantitative estimate of drug-likeness (QED) is 0.617. The maximum absolute atomic E-state index is 9.27. The summed E-state index contributed by atoms with van der Waals surface area (Å²) in [5.74, 6) is 0. The summed E-state index contributed by atoms with van der Waals surface area (Å²) in [5, 5.41) is 9.27. The summed E-state index contributed by atoms with van der Waals surface area (Å²) in [6.45, 7) is 6.82. The summed E-state index contributed by atoms with van der Waals surface area (Å²) in [6.07, 6.45) is 8.26. The van der Waals surface area contributed by atoms with Gasteiger partial charge in [-0.25, -0.2) is 0 Å². The third-order valence-electron chi connectivity index (χ3n) is 4.00. The lowest BCUT2D eigenvalue weighted by atomic mass is 9.92. The molecule has 3 heteroatoms. The summed E-state index contributed by atoms with van der Waals surface area (Å²) < 4.78 is 0. The fourth-order valence-corrected chi connectivity index (χ4v) is 2.28. The molecule has 0 spiro atoms. The van der Waals surface area contributed by atoms with Crippen molar-refractivity contribution < 1.29 is 5.11 Å². The third-order valence-corrected chi connectivity index (χ3v) is 4.00. The van der Waals surface area contributed by atoms with Crippen molar-refractivity contribution in [3.63, 3.8) is 0 Å². The highest BCUT2D eigenvalue weighted by Gasteiger charge is 2.29. The van der Waals surface area contributed by atoms with E-state index in [0.29, 0.717) is 0 Å². The van der Waals surface area contributed by atoms with E-state index in [1.54, 1.807) is 0 Å². The summed E-state index contributed by atoms with van der Waals surface area (Å²) in [7, 11) is 0. The second-order valence-corrected chi connectivity index (χ2v) is 5.60. The Bertz CT molecular complexity index is 200. The van der Waals surface area contributed by atoms with Crippen LogP contribution in [-0.4, -0.2) is 41.3 Å². The number of hydrogen-bond donors (Lipinski definition) is 2. The lowest BCUT2D eigenvalue weighted by molar-refractivity contribution is 0.170. The van der Waals surface area contributed by atoms with Gasteiger partial charge in [0.25, 0.3) is 0 Å². The Kier molecular flexibility index (Phi) is 6.45. The van der Waals surface area contributed by atoms with E-state index in [1.165, 1.54) is 32.2 Å². The SMILES string of the molecule is CCCCN(CCCC(N)(CC)CO)C1CC1. The molecule has 0 saturated heterocycles. The van der Waals surface area contributed by atoms with Gasteiger partial charge in [0.2, 0.25) is 0 Å². The van der Waals surface area contributed by atoms with Crippen LogP contribution in [0.1, 0.15) is 58.8 Å². The average molecular weight is 242 g/mol. The smallest absolute Gasteiger partial charge is 0.0611 e. The van der Waals surface area contributed by atoms with Crippen LogP contribution in [0.4, 0.5) is 0 Å². The van der Waals surface area contributed by atoms with Gasteiger partial charge in [0.1, 0.15) is 0 Å². The first-order valence-electron chi connectivity index (χ1n) is 7.29. The second-order valence-electron chi connectivity index (χ2n) is 5.60. The molecule has 0 aromatic heterocycles. The zero-order valence-corrected chi connectivity index (χ0v) is 11.6. The standard InChI is InChI=1S/C14H30N2O/c1-3-5-10-16(13-7-8-13)11-6-9-14(15,4-2)12-17/h13,17H,3-12,15H2,1-2H3. The molecular formula is C14H30N2O. The minimum absolute atomic E-state index is 0.113. The molecule has 0 aliphatic heterocycles. The highest BCUT2D eigenvalue weighted by atomic mass is 16.3. The van der Waals surface area contributed by atoms with Crippen molar-refractivity contribution in [1.82, 2.24) is 4.90 Å². The fraction of sp³-hybridized carbons (Fsp3) is 1.00. The Balaban J connectivity index is 2.22. The largest absolute Gasteiger partial charge is 0.394 e. The molecular weight excluding hydrogens is 212 g/mol. The van der Waals surface area contributed by atoms with Gasteiger partial charge in [-0.3, -0.25) is 0 Å². The zero-order valence-electron chi connectivity index (χ0n) is 11.6. The molecule has 0 bridgehead atoms. The Morgan fingerprint density at radius 2 is 1.88 bits per heavy atom. The molecule has 1 unspecified atom stereocenters. The molecule has 0 aromatic rings. The molecule has 0 radical (unpaired) electrons. The van der Waals surface area contributed by atoms with Crippen molar-refractivity contribution >= 4 is 0 Å². The predicted octanol–water partition coefficient (Wildman–Crippen LogP) is 2.13. The lowest BCUT2D eigenvalue weighted by Crippen LogP contribution is -2.43. The minimum atomic E-state index is -0.347. The maximum Gasteiger partial charge on any atom is 0.0611 e. The van der Waals surface area contributed by atoms with E-state index in [4.69, 9.17) is 5.73 Å². The predicted molar refractivity (Wildman–Crippen MR) is 73.0 cm³/mol. The summed E-state index contributed by atoms with van der Waals surface area (Å²) in [6, 6.07) is 0.851. The Hall–Kier alpha value is -0.120. The van der Waals surface area contributed by atoms with Crippen LogP contribution in [0.2, 0.25) is 0 Å². The maximum atomic E-state index is 9.27. The van der Waals surface area contributed by atoms with E-state index in [-0.39, 0.29) is 12.1 Å². The molecule has 0 amide bonds. The number of hydrogen-bond acceptors (Lipinski definition) is 3. The van der Waals surface area contributed by atoms with Crippen LogP contribution < -0.4 is 5.73 Å². The lowest BCUT2D eigenvalue weighted by Gasteiger charge is -2.28. The van der Waals surface area contributed by atoms with Gasteiger partial charge in [0.15, 0.2) is 0 Å².